The first-order valence-corrected chi connectivity index (χ1v) is 30.7. The summed E-state index contributed by atoms with van der Waals surface area (Å²) in [5, 5.41) is 0. The summed E-state index contributed by atoms with van der Waals surface area (Å²) < 4.78 is 13.4. The third-order valence-corrected chi connectivity index (χ3v) is 28.5. The zero-order valence-corrected chi connectivity index (χ0v) is 38.2. The summed E-state index contributed by atoms with van der Waals surface area (Å²) in [7, 11) is 0. The van der Waals surface area contributed by atoms with Gasteiger partial charge in [0.25, 0.3) is 0 Å². The summed E-state index contributed by atoms with van der Waals surface area (Å²) in [5.41, 5.74) is 0. The Bertz CT molecular complexity index is 486. The van der Waals surface area contributed by atoms with Crippen LogP contribution in [0.4, 0.5) is 0 Å². The third-order valence-electron chi connectivity index (χ3n) is 11.3. The quantitative estimate of drug-likeness (QED) is 0.0479. The molecule has 0 rings (SSSR count). The molecule has 0 radical (unpaired) electrons. The Labute approximate surface area is 304 Å². The molecule has 0 atom stereocenters. The van der Waals surface area contributed by atoms with Crippen molar-refractivity contribution in [2.24, 2.45) is 23.7 Å². The van der Waals surface area contributed by atoms with Crippen molar-refractivity contribution in [3.05, 3.63) is 0 Å². The number of unbranched alkanes of at least 4 members (excludes halogenated alkanes) is 12. The van der Waals surface area contributed by atoms with E-state index < -0.39 is 33.2 Å². The van der Waals surface area contributed by atoms with Crippen molar-refractivity contribution >= 4 is 0 Å². The van der Waals surface area contributed by atoms with Gasteiger partial charge in [-0.15, -0.1) is 0 Å². The van der Waals surface area contributed by atoms with Crippen molar-refractivity contribution < 1.29 is 33.2 Å². The van der Waals surface area contributed by atoms with Crippen molar-refractivity contribution in [1.29, 1.82) is 0 Å². The van der Waals surface area contributed by atoms with Gasteiger partial charge in [-0.25, -0.2) is 0 Å². The van der Waals surface area contributed by atoms with Crippen molar-refractivity contribution in [1.82, 2.24) is 0 Å². The van der Waals surface area contributed by atoms with Gasteiger partial charge in [0.2, 0.25) is 0 Å². The van der Waals surface area contributed by atoms with Crippen LogP contribution in [0.2, 0.25) is 37.8 Å². The molecule has 0 aliphatic rings. The average molecular weight is 721 g/mol. The van der Waals surface area contributed by atoms with E-state index in [0.717, 1.165) is 23.7 Å². The molecule has 0 aromatic carbocycles. The maximum atomic E-state index is 2.42. The average Bonchev–Trinajstić information content (AvgIpc) is 3.01. The molecule has 0 N–H and O–H groups in total. The van der Waals surface area contributed by atoms with E-state index >= 15 is 0 Å². The predicted octanol–water partition coefficient (Wildman–Crippen LogP) is 18.1. The fourth-order valence-corrected chi connectivity index (χ4v) is 25.9. The van der Waals surface area contributed by atoms with E-state index in [1.165, 1.54) is 103 Å². The second-order valence-electron chi connectivity index (χ2n) is 18.0. The van der Waals surface area contributed by atoms with Crippen LogP contribution in [-0.2, 0) is 33.2 Å². The molecule has 0 aliphatic carbocycles. The Hall–Kier alpha value is 1.43. The molecule has 0 fully saturated rings. The van der Waals surface area contributed by atoms with Crippen LogP contribution in [0, 0.1) is 23.7 Å². The van der Waals surface area contributed by atoms with Gasteiger partial charge < -0.3 is 0 Å². The SMILES string of the molecule is CC(C)C[CH2][Ti]([CH2]CC(C)C)([CH2]CC(C)C)[CH2]CC(C)C.CCCCC[CH2][Ti]([CH2]CCCCC)([CH2]CCCCC)[CH2]CCCCC. The van der Waals surface area contributed by atoms with Crippen LogP contribution in [0.25, 0.3) is 0 Å². The summed E-state index contributed by atoms with van der Waals surface area (Å²) in [6.45, 7) is 28.8. The first-order valence-electron chi connectivity index (χ1n) is 21.9. The first kappa shape index (κ1) is 49.5. The number of hydrogen-bond donors (Lipinski definition) is 0. The second kappa shape index (κ2) is 33.6. The molecule has 0 unspecified atom stereocenters. The predicted molar refractivity (Wildman–Crippen MR) is 213 cm³/mol. The summed E-state index contributed by atoms with van der Waals surface area (Å²) >= 11 is -3.22. The van der Waals surface area contributed by atoms with Gasteiger partial charge in [-0.1, -0.05) is 0 Å². The van der Waals surface area contributed by atoms with Crippen molar-refractivity contribution in [3.63, 3.8) is 0 Å². The van der Waals surface area contributed by atoms with E-state index in [1.54, 1.807) is 63.5 Å². The normalized spacial score (nSPS) is 12.5. The monoisotopic (exact) mass is 721 g/mol. The molecule has 0 nitrogen and oxygen atoms in total. The van der Waals surface area contributed by atoms with Crippen LogP contribution in [0.15, 0.2) is 0 Å². The molecular formula is C44H96Ti2. The molecule has 0 saturated heterocycles. The van der Waals surface area contributed by atoms with Crippen LogP contribution >= 0.6 is 0 Å². The second-order valence-corrected chi connectivity index (χ2v) is 33.6. The molecule has 0 aromatic rings. The topological polar surface area (TPSA) is 0 Å². The maximum absolute atomic E-state index is 2.42. The summed E-state index contributed by atoms with van der Waals surface area (Å²) in [6.07, 6.45) is 29.8. The Balaban J connectivity index is 0. The van der Waals surface area contributed by atoms with Crippen LogP contribution in [0.5, 0.6) is 0 Å². The Morgan fingerprint density at radius 1 is 0.261 bits per heavy atom. The third kappa shape index (κ3) is 31.4. The zero-order valence-electron chi connectivity index (χ0n) is 35.1. The number of hydrogen-bond acceptors (Lipinski definition) is 0. The van der Waals surface area contributed by atoms with E-state index in [0.29, 0.717) is 0 Å². The Morgan fingerprint density at radius 3 is 0.630 bits per heavy atom. The molecule has 0 heterocycles. The molecule has 0 saturated carbocycles. The van der Waals surface area contributed by atoms with E-state index in [-0.39, 0.29) is 0 Å². The summed E-state index contributed by atoms with van der Waals surface area (Å²) in [6, 6.07) is 0. The standard InChI is InChI=1S/4C6H13.4C5H11.2Ti/c4*1-3-5-6-4-2;4*1-4-5(2)3;;/h4*1,3-6H2,2H3;4*5H,1,4H2,2-3H3;;. The Morgan fingerprint density at radius 2 is 0.457 bits per heavy atom. The molecule has 0 aromatic heterocycles. The molecule has 0 spiro atoms. The molecule has 0 bridgehead atoms. The fraction of sp³-hybridized carbons (Fsp3) is 1.00. The molecular weight excluding hydrogens is 624 g/mol. The molecule has 0 amide bonds. The van der Waals surface area contributed by atoms with Gasteiger partial charge in [-0.3, -0.25) is 0 Å². The Kier molecular flexibility index (Phi) is 36.1. The van der Waals surface area contributed by atoms with Crippen molar-refractivity contribution in [2.75, 3.05) is 0 Å². The summed E-state index contributed by atoms with van der Waals surface area (Å²) in [5.74, 6) is 3.58. The van der Waals surface area contributed by atoms with Crippen LogP contribution in [0.1, 0.15) is 212 Å². The van der Waals surface area contributed by atoms with Gasteiger partial charge in [0.1, 0.15) is 0 Å². The van der Waals surface area contributed by atoms with Crippen LogP contribution in [-0.4, -0.2) is 0 Å². The van der Waals surface area contributed by atoms with Crippen molar-refractivity contribution in [2.45, 2.75) is 249 Å². The summed E-state index contributed by atoms with van der Waals surface area (Å²) in [4.78, 5) is 0. The molecule has 46 heavy (non-hydrogen) atoms. The van der Waals surface area contributed by atoms with E-state index in [4.69, 9.17) is 0 Å². The van der Waals surface area contributed by atoms with Gasteiger partial charge in [0.15, 0.2) is 0 Å². The van der Waals surface area contributed by atoms with Gasteiger partial charge in [0.05, 0.1) is 0 Å². The minimum absolute atomic E-state index is 0.896. The van der Waals surface area contributed by atoms with Gasteiger partial charge >= 0.3 is 306 Å². The zero-order chi connectivity index (χ0) is 35.1. The molecule has 2 heteroatoms. The van der Waals surface area contributed by atoms with E-state index in [9.17, 15) is 0 Å². The fourth-order valence-electron chi connectivity index (χ4n) is 7.59. The van der Waals surface area contributed by atoms with Crippen LogP contribution in [0.3, 0.4) is 0 Å². The minimum atomic E-state index is -1.63. The number of rotatable bonds is 32. The van der Waals surface area contributed by atoms with Crippen LogP contribution < -0.4 is 0 Å². The van der Waals surface area contributed by atoms with E-state index in [1.807, 2.05) is 0 Å². The first-order chi connectivity index (χ1) is 21.9. The molecule has 0 aliphatic heterocycles. The van der Waals surface area contributed by atoms with Gasteiger partial charge in [-0.2, -0.15) is 0 Å². The van der Waals surface area contributed by atoms with Gasteiger partial charge in [0, 0.05) is 0 Å². The van der Waals surface area contributed by atoms with Crippen molar-refractivity contribution in [3.8, 4) is 0 Å². The van der Waals surface area contributed by atoms with Gasteiger partial charge in [-0.05, 0) is 0 Å². The van der Waals surface area contributed by atoms with E-state index in [2.05, 4.69) is 83.1 Å². The molecule has 280 valence electrons.